The number of sulfone groups is 1. The predicted molar refractivity (Wildman–Crippen MR) is 522 cm³/mol. The number of benzene rings is 16. The van der Waals surface area contributed by atoms with Crippen LogP contribution >= 0.6 is 10.5 Å². The van der Waals surface area contributed by atoms with Crippen molar-refractivity contribution in [1.82, 2.24) is 0 Å². The Kier molecular flexibility index (Phi) is 27.5. The molecule has 630 valence electrons. The lowest BCUT2D eigenvalue weighted by molar-refractivity contribution is -0.130. The van der Waals surface area contributed by atoms with Gasteiger partial charge in [-0.1, -0.05) is 183 Å². The molecule has 0 amide bonds. The Morgan fingerprint density at radius 1 is 0.323 bits per heavy atom. The van der Waals surface area contributed by atoms with Crippen molar-refractivity contribution in [1.29, 1.82) is 0 Å². The number of halogens is 2. The highest BCUT2D eigenvalue weighted by Gasteiger charge is 2.46. The molecule has 16 aromatic carbocycles. The van der Waals surface area contributed by atoms with Crippen LogP contribution in [0, 0.1) is 11.6 Å². The summed E-state index contributed by atoms with van der Waals surface area (Å²) in [6.07, 6.45) is 6.65. The van der Waals surface area contributed by atoms with Crippen molar-refractivity contribution in [3.8, 4) is 27.9 Å². The highest BCUT2D eigenvalue weighted by molar-refractivity contribution is 8.01. The Balaban J connectivity index is 0.000000107. The van der Waals surface area contributed by atoms with Crippen molar-refractivity contribution >= 4 is 139 Å². The first-order valence-corrected chi connectivity index (χ1v) is 52.5. The van der Waals surface area contributed by atoms with Crippen LogP contribution < -0.4 is 14.2 Å². The molecule has 5 aliphatic heterocycles. The van der Waals surface area contributed by atoms with Gasteiger partial charge in [0.1, 0.15) is 88.6 Å². The summed E-state index contributed by atoms with van der Waals surface area (Å²) in [6.45, 7) is 10.6. The van der Waals surface area contributed by atoms with Crippen LogP contribution in [0.1, 0.15) is 46.0 Å². The molecular formula is C109H90F2O8S8+6. The Bertz CT molecular complexity index is 6870. The number of esters is 2. The number of carbonyl (C=O) groups excluding carboxylic acids is 2. The first kappa shape index (κ1) is 87.3. The lowest BCUT2D eigenvalue weighted by Crippen LogP contribution is -2.20. The van der Waals surface area contributed by atoms with E-state index in [4.69, 9.17) is 14.2 Å². The SMILES string of the molecule is C=C(C)C(=O)Oc1ccc([S+]2CCCC2)c2ccccc12.C=C(C)C(=O)Oc1ccc([S+]2CCCCC2)c2ccccc12.Fc1ccc(-[s+]2c3ccccc3c3ccccc32)cc1.Fc1ccc([S+]2c3ccccc3Oc3ccccc32)cc1.O=S1(=O)c2ccccc2[S+](c2ccccc2)c2ccccc21.O=S1c2ccccc2[S+](c2ccccc2)c2ccccc21. The topological polar surface area (TPSA) is 113 Å². The quantitative estimate of drug-likeness (QED) is 0.0576. The van der Waals surface area contributed by atoms with Crippen LogP contribution in [0.25, 0.3) is 46.6 Å². The third kappa shape index (κ3) is 19.0. The van der Waals surface area contributed by atoms with Gasteiger partial charge in [0, 0.05) is 87.9 Å². The van der Waals surface area contributed by atoms with Gasteiger partial charge in [-0.05, 0) is 240 Å². The molecule has 18 heteroatoms. The molecule has 0 bridgehead atoms. The van der Waals surface area contributed by atoms with E-state index in [1.807, 2.05) is 182 Å². The van der Waals surface area contributed by atoms with E-state index >= 15 is 0 Å². The number of ether oxygens (including phenoxy) is 3. The lowest BCUT2D eigenvalue weighted by atomic mass is 10.1. The van der Waals surface area contributed by atoms with E-state index in [0.717, 1.165) is 61.4 Å². The normalized spacial score (nSPS) is 15.2. The van der Waals surface area contributed by atoms with Gasteiger partial charge in [0.25, 0.3) is 0 Å². The molecule has 0 saturated carbocycles. The van der Waals surface area contributed by atoms with Crippen molar-refractivity contribution in [3.63, 3.8) is 0 Å². The van der Waals surface area contributed by atoms with Gasteiger partial charge in [0.05, 0.1) is 20.6 Å². The molecule has 2 fully saturated rings. The highest BCUT2D eigenvalue weighted by atomic mass is 32.2. The van der Waals surface area contributed by atoms with E-state index in [2.05, 4.69) is 159 Å². The zero-order valence-electron chi connectivity index (χ0n) is 69.9. The second-order valence-corrected chi connectivity index (χ2v) is 46.1. The summed E-state index contributed by atoms with van der Waals surface area (Å²) in [6, 6.07) is 123. The van der Waals surface area contributed by atoms with Crippen LogP contribution in [0.5, 0.6) is 23.0 Å². The summed E-state index contributed by atoms with van der Waals surface area (Å²) >= 11 is 0. The smallest absolute Gasteiger partial charge is 0.338 e. The lowest BCUT2D eigenvalue weighted by Gasteiger charge is -2.19. The Hall–Kier alpha value is -11.8. The fraction of sp³-hybridized carbons (Fsp3) is 0.101. The Morgan fingerprint density at radius 2 is 0.638 bits per heavy atom. The summed E-state index contributed by atoms with van der Waals surface area (Å²) in [5.41, 5.74) is 0.836. The minimum Gasteiger partial charge on any atom is -0.447 e. The number of thiophene rings is 1. The van der Waals surface area contributed by atoms with Gasteiger partial charge in [-0.3, -0.25) is 0 Å². The number of hydrogen-bond acceptors (Lipinski definition) is 8. The molecule has 2 saturated heterocycles. The van der Waals surface area contributed by atoms with E-state index in [0.29, 0.717) is 54.2 Å². The third-order valence-electron chi connectivity index (χ3n) is 21.9. The summed E-state index contributed by atoms with van der Waals surface area (Å²) in [7, 11) is -4.77. The molecule has 0 aliphatic carbocycles. The summed E-state index contributed by atoms with van der Waals surface area (Å²) in [5, 5.41) is 7.08. The summed E-state index contributed by atoms with van der Waals surface area (Å²) in [4.78, 5) is 40.3. The van der Waals surface area contributed by atoms with E-state index < -0.39 is 20.6 Å². The van der Waals surface area contributed by atoms with Gasteiger partial charge in [-0.2, -0.15) is 0 Å². The first-order valence-electron chi connectivity index (χ1n) is 41.9. The molecule has 0 N–H and O–H groups in total. The molecule has 0 spiro atoms. The zero-order chi connectivity index (χ0) is 87.5. The first-order chi connectivity index (χ1) is 62.1. The molecule has 8 nitrogen and oxygen atoms in total. The second-order valence-electron chi connectivity index (χ2n) is 30.4. The second kappa shape index (κ2) is 40.0. The third-order valence-corrected chi connectivity index (χ3v) is 40.2. The molecular weight excluding hydrogens is 1730 g/mol. The van der Waals surface area contributed by atoms with Gasteiger partial charge in [0.15, 0.2) is 69.9 Å². The van der Waals surface area contributed by atoms with Gasteiger partial charge in [-0.25, -0.2) is 31.0 Å². The highest BCUT2D eigenvalue weighted by Crippen LogP contribution is 2.51. The van der Waals surface area contributed by atoms with Gasteiger partial charge >= 0.3 is 11.9 Å². The molecule has 22 rings (SSSR count). The van der Waals surface area contributed by atoms with E-state index in [1.165, 1.54) is 128 Å². The van der Waals surface area contributed by atoms with E-state index in [9.17, 15) is 31.0 Å². The zero-order valence-corrected chi connectivity index (χ0v) is 76.4. The largest absolute Gasteiger partial charge is 0.447 e. The van der Waals surface area contributed by atoms with E-state index in [1.54, 1.807) is 50.2 Å². The Labute approximate surface area is 760 Å². The molecule has 5 aliphatic rings. The Morgan fingerprint density at radius 3 is 1.06 bits per heavy atom. The van der Waals surface area contributed by atoms with Crippen LogP contribution in [0.4, 0.5) is 8.78 Å². The average Bonchev–Trinajstić information content (AvgIpc) is 1.04. The average molecular weight is 1820 g/mol. The van der Waals surface area contributed by atoms with Gasteiger partial charge in [0.2, 0.25) is 19.6 Å². The van der Waals surface area contributed by atoms with Crippen molar-refractivity contribution in [3.05, 3.63) is 412 Å². The van der Waals surface area contributed by atoms with Crippen LogP contribution in [0.3, 0.4) is 0 Å². The minimum atomic E-state index is -3.44. The van der Waals surface area contributed by atoms with Crippen LogP contribution in [0.2, 0.25) is 0 Å². The monoisotopic (exact) mass is 1820 g/mol. The number of carbonyl (C=O) groups is 2. The standard InChI is InChI=1S/C19H21O2S.C18H12FOS.C18H12FS.C18H13O2S2.C18H19O2S.C18H13OS2/c1-14(2)19(20)21-17-10-11-18(22-12-6-3-7-13-22)16-9-5-4-8-15(16)17;19-13-9-11-14(12-10-13)21-17-7-3-1-5-15(17)20-16-6-2-4-8-18(16)21;19-13-9-11-14(12-10-13)20-17-7-3-1-5-15(17)16-6-2-4-8-18(16)20;19-22(20)17-12-6-4-10-15(17)21(14-8-2-1-3-9-14)16-11-5-7-13-18(16)22;1-13(2)18(19)20-16-9-10-17(21-11-5-6-12-21)15-8-4-3-7-14(15)16;19-21-17-12-6-4-10-15(17)20(14-8-2-1-3-9-14)16-11-5-7-13-18(16)21/h4-5,8-11H,1,3,6-7,12-13H2,2H3;1-12H;1-12H;1-13H;3-4,7-10H,1,5-6,11-12H2,2H3;1-13H/q6*+1. The molecule has 17 aromatic rings. The summed E-state index contributed by atoms with van der Waals surface area (Å²) < 4.78 is 84.6. The maximum Gasteiger partial charge on any atom is 0.338 e. The maximum atomic E-state index is 13.2. The fourth-order valence-corrected chi connectivity index (χ4v) is 34.5. The minimum absolute atomic E-state index is 0.115. The van der Waals surface area contributed by atoms with E-state index in [-0.39, 0.29) is 66.7 Å². The molecule has 0 unspecified atom stereocenters. The van der Waals surface area contributed by atoms with Crippen molar-refractivity contribution in [2.24, 2.45) is 0 Å². The number of hydrogen-bond donors (Lipinski definition) is 0. The maximum absolute atomic E-state index is 13.2. The fourth-order valence-electron chi connectivity index (χ4n) is 15.9. The number of para-hydroxylation sites is 2. The van der Waals surface area contributed by atoms with Crippen molar-refractivity contribution < 1.29 is 45.2 Å². The van der Waals surface area contributed by atoms with Crippen LogP contribution in [-0.4, -0.2) is 47.6 Å². The van der Waals surface area contributed by atoms with Crippen molar-refractivity contribution in [2.75, 3.05) is 23.0 Å². The molecule has 6 heterocycles. The van der Waals surface area contributed by atoms with Crippen molar-refractivity contribution in [2.45, 2.75) is 119 Å². The van der Waals surface area contributed by atoms with Gasteiger partial charge in [-0.15, -0.1) is 0 Å². The summed E-state index contributed by atoms with van der Waals surface area (Å²) in [5.74, 6) is 7.04. The number of fused-ring (bicyclic) bond motifs is 11. The number of rotatable bonds is 10. The van der Waals surface area contributed by atoms with Crippen LogP contribution in [-0.2, 0) is 84.7 Å². The predicted octanol–water partition coefficient (Wildman–Crippen LogP) is 27.7. The van der Waals surface area contributed by atoms with Crippen LogP contribution in [0.15, 0.2) is 474 Å². The molecule has 1 aromatic heterocycles. The molecule has 127 heavy (non-hydrogen) atoms. The molecule has 0 atom stereocenters. The van der Waals surface area contributed by atoms with Gasteiger partial charge < -0.3 is 14.2 Å². The molecule has 0 radical (unpaired) electrons.